The quantitative estimate of drug-likeness (QED) is 0.479. The topological polar surface area (TPSA) is 43.4 Å². The van der Waals surface area contributed by atoms with E-state index in [1.54, 1.807) is 6.92 Å². The molecule has 0 spiro atoms. The summed E-state index contributed by atoms with van der Waals surface area (Å²) in [6.45, 7) is 4.82. The van der Waals surface area contributed by atoms with E-state index in [4.69, 9.17) is 0 Å². The molecule has 0 aliphatic rings. The highest BCUT2D eigenvalue weighted by Gasteiger charge is 2.13. The van der Waals surface area contributed by atoms with E-state index in [0.717, 1.165) is 0 Å². The van der Waals surface area contributed by atoms with Crippen molar-refractivity contribution in [2.45, 2.75) is 42.0 Å². The number of hydrogen-bond donors (Lipinski definition) is 0. The summed E-state index contributed by atoms with van der Waals surface area (Å²) >= 11 is 0. The Bertz CT molecular complexity index is 141. The van der Waals surface area contributed by atoms with E-state index in [1.165, 1.54) is 6.92 Å². The molecule has 0 aliphatic carbocycles. The van der Waals surface area contributed by atoms with E-state index in [0.29, 0.717) is 6.42 Å². The molecule has 12 heavy (non-hydrogen) atoms. The van der Waals surface area contributed by atoms with Crippen molar-refractivity contribution in [1.82, 2.24) is 0 Å². The summed E-state index contributed by atoms with van der Waals surface area (Å²) in [5.41, 5.74) is 0. The van der Waals surface area contributed by atoms with Gasteiger partial charge in [0.2, 0.25) is 0 Å². The van der Waals surface area contributed by atoms with E-state index in [1.807, 2.05) is 6.92 Å². The molecule has 0 bridgehead atoms. The highest BCUT2D eigenvalue weighted by molar-refractivity contribution is 5.85. The minimum Gasteiger partial charge on any atom is -0.393 e. The number of ether oxygens (including phenoxy) is 1. The van der Waals surface area contributed by atoms with Crippen LogP contribution in [0.25, 0.3) is 0 Å². The third-order valence-electron chi connectivity index (χ3n) is 1.26. The van der Waals surface area contributed by atoms with Crippen LogP contribution in [0, 0.1) is 5.92 Å². The molecule has 0 aromatic heterocycles. The zero-order valence-corrected chi connectivity index (χ0v) is 6.51. The second-order valence-electron chi connectivity index (χ2n) is 2.22. The molecule has 0 amide bonds. The van der Waals surface area contributed by atoms with Crippen molar-refractivity contribution in [3.8, 4) is 0 Å². The predicted octanol–water partition coefficient (Wildman–Crippen LogP) is 2.39. The molecule has 74 valence electrons. The van der Waals surface area contributed by atoms with E-state index in [-0.39, 0.29) is 20.8 Å². The fourth-order valence-electron chi connectivity index (χ4n) is 0.409. The third kappa shape index (κ3) is 7.25. The fraction of sp³-hybridized carbons (Fsp3) is 0.778. The summed E-state index contributed by atoms with van der Waals surface area (Å²) in [7, 11) is 0. The van der Waals surface area contributed by atoms with Crippen molar-refractivity contribution < 1.29 is 14.3 Å². The predicted molar refractivity (Wildman–Crippen MR) is 49.7 cm³/mol. The second-order valence-corrected chi connectivity index (χ2v) is 2.22. The normalized spacial score (nSPS) is 10.2. The number of carbonyl (C=O) groups excluding carboxylic acids is 2. The van der Waals surface area contributed by atoms with E-state index < -0.39 is 11.9 Å². The van der Waals surface area contributed by atoms with Crippen LogP contribution in [0.15, 0.2) is 0 Å². The first-order valence-corrected chi connectivity index (χ1v) is 3.30. The molecule has 0 aromatic carbocycles. The van der Waals surface area contributed by atoms with Crippen molar-refractivity contribution in [1.29, 1.82) is 0 Å². The van der Waals surface area contributed by atoms with Crippen LogP contribution in [0.5, 0.6) is 0 Å². The smallest absolute Gasteiger partial charge is 0.316 e. The lowest BCUT2D eigenvalue weighted by molar-refractivity contribution is -0.160. The number of carbonyl (C=O) groups is 2. The highest BCUT2D eigenvalue weighted by Crippen LogP contribution is 2.02. The molecular weight excluding hydrogens is 156 g/mol. The highest BCUT2D eigenvalue weighted by atomic mass is 16.6. The lowest BCUT2D eigenvalue weighted by Gasteiger charge is -2.04. The fourth-order valence-corrected chi connectivity index (χ4v) is 0.409. The maximum Gasteiger partial charge on any atom is 0.316 e. The maximum atomic E-state index is 10.7. The first-order chi connectivity index (χ1) is 4.57. The Hall–Kier alpha value is -0.860. The zero-order chi connectivity index (χ0) is 8.15. The molecule has 0 aliphatic heterocycles. The van der Waals surface area contributed by atoms with Crippen molar-refractivity contribution in [3.05, 3.63) is 0 Å². The van der Waals surface area contributed by atoms with Crippen molar-refractivity contribution in [2.75, 3.05) is 0 Å². The number of hydrogen-bond acceptors (Lipinski definition) is 3. The Balaban J connectivity index is -0.000000405. The molecule has 0 N–H and O–H groups in total. The molecule has 0 saturated carbocycles. The van der Waals surface area contributed by atoms with Crippen LogP contribution >= 0.6 is 0 Å². The summed E-state index contributed by atoms with van der Waals surface area (Å²) in [6.07, 6.45) is 0.701. The third-order valence-corrected chi connectivity index (χ3v) is 1.26. The molecule has 0 heterocycles. The summed E-state index contributed by atoms with van der Waals surface area (Å²) in [6, 6.07) is 0. The first kappa shape index (κ1) is 17.3. The van der Waals surface area contributed by atoms with Gasteiger partial charge in [0.1, 0.15) is 0 Å². The van der Waals surface area contributed by atoms with Crippen molar-refractivity contribution in [2.24, 2.45) is 5.92 Å². The van der Waals surface area contributed by atoms with Crippen LogP contribution in [-0.4, -0.2) is 11.9 Å². The van der Waals surface area contributed by atoms with Crippen molar-refractivity contribution >= 4 is 11.9 Å². The van der Waals surface area contributed by atoms with Crippen LogP contribution in [0.2, 0.25) is 0 Å². The summed E-state index contributed by atoms with van der Waals surface area (Å²) in [5, 5.41) is 0. The SMILES string of the molecule is C.C.CCC(C)C(=O)OC(C)=O. The van der Waals surface area contributed by atoms with Gasteiger partial charge in [-0.05, 0) is 6.42 Å². The zero-order valence-electron chi connectivity index (χ0n) is 6.51. The van der Waals surface area contributed by atoms with Gasteiger partial charge in [-0.2, -0.15) is 0 Å². The average molecular weight is 176 g/mol. The Labute approximate surface area is 75.1 Å². The minimum atomic E-state index is -0.537. The average Bonchev–Trinajstić information content (AvgIpc) is 1.85. The van der Waals surface area contributed by atoms with Gasteiger partial charge in [0.05, 0.1) is 5.92 Å². The lowest BCUT2D eigenvalue weighted by Crippen LogP contribution is -2.16. The van der Waals surface area contributed by atoms with Gasteiger partial charge in [-0.1, -0.05) is 28.7 Å². The van der Waals surface area contributed by atoms with Crippen LogP contribution in [0.3, 0.4) is 0 Å². The van der Waals surface area contributed by atoms with Crippen LogP contribution < -0.4 is 0 Å². The maximum absolute atomic E-state index is 10.7. The van der Waals surface area contributed by atoms with E-state index in [9.17, 15) is 9.59 Å². The van der Waals surface area contributed by atoms with Gasteiger partial charge in [0.15, 0.2) is 0 Å². The molecule has 0 fully saturated rings. The van der Waals surface area contributed by atoms with Crippen LogP contribution in [0.1, 0.15) is 42.0 Å². The Kier molecular flexibility index (Phi) is 11.9. The summed E-state index contributed by atoms with van der Waals surface area (Å²) < 4.78 is 4.33. The number of rotatable bonds is 2. The van der Waals surface area contributed by atoms with Gasteiger partial charge in [-0.3, -0.25) is 9.59 Å². The van der Waals surface area contributed by atoms with Gasteiger partial charge in [0.25, 0.3) is 0 Å². The van der Waals surface area contributed by atoms with E-state index in [2.05, 4.69) is 4.74 Å². The Morgan fingerprint density at radius 1 is 1.33 bits per heavy atom. The molecule has 0 aromatic rings. The van der Waals surface area contributed by atoms with Crippen LogP contribution in [-0.2, 0) is 14.3 Å². The van der Waals surface area contributed by atoms with Crippen LogP contribution in [0.4, 0.5) is 0 Å². The van der Waals surface area contributed by atoms with Gasteiger partial charge in [-0.25, -0.2) is 0 Å². The second kappa shape index (κ2) is 8.24. The van der Waals surface area contributed by atoms with Gasteiger partial charge < -0.3 is 4.74 Å². The molecule has 0 radical (unpaired) electrons. The van der Waals surface area contributed by atoms with Gasteiger partial charge in [-0.15, -0.1) is 0 Å². The Morgan fingerprint density at radius 2 is 1.75 bits per heavy atom. The molecule has 1 unspecified atom stereocenters. The first-order valence-electron chi connectivity index (χ1n) is 3.30. The number of esters is 2. The molecule has 3 heteroatoms. The standard InChI is InChI=1S/C7H12O3.2CH4/c1-4-5(2)7(9)10-6(3)8;;/h5H,4H2,1-3H3;2*1H4. The molecule has 0 rings (SSSR count). The monoisotopic (exact) mass is 176 g/mol. The minimum absolute atomic E-state index is 0. The van der Waals surface area contributed by atoms with Crippen molar-refractivity contribution in [3.63, 3.8) is 0 Å². The lowest BCUT2D eigenvalue weighted by atomic mass is 10.1. The Morgan fingerprint density at radius 3 is 2.00 bits per heavy atom. The summed E-state index contributed by atoms with van der Waals surface area (Å²) in [5.74, 6) is -1.15. The molecule has 3 nitrogen and oxygen atoms in total. The molecule has 1 atom stereocenters. The van der Waals surface area contributed by atoms with Gasteiger partial charge in [0, 0.05) is 6.92 Å². The largest absolute Gasteiger partial charge is 0.393 e. The summed E-state index contributed by atoms with van der Waals surface area (Å²) in [4.78, 5) is 21.0. The van der Waals surface area contributed by atoms with E-state index >= 15 is 0 Å². The van der Waals surface area contributed by atoms with Gasteiger partial charge >= 0.3 is 11.9 Å². The molecule has 0 saturated heterocycles. The molecular formula is C9H20O3.